The first-order valence-corrected chi connectivity index (χ1v) is 26.5. The zero-order valence-corrected chi connectivity index (χ0v) is 42.6. The Bertz CT molecular complexity index is 4110. The van der Waals surface area contributed by atoms with Crippen LogP contribution in [0.15, 0.2) is 291 Å². The molecule has 76 heavy (non-hydrogen) atoms. The van der Waals surface area contributed by atoms with Gasteiger partial charge in [0, 0.05) is 39.4 Å². The van der Waals surface area contributed by atoms with Crippen molar-refractivity contribution in [3.05, 3.63) is 325 Å². The minimum Gasteiger partial charge on any atom is -0.310 e. The van der Waals surface area contributed by atoms with Crippen molar-refractivity contribution in [3.63, 3.8) is 0 Å². The average Bonchev–Trinajstić information content (AvgIpc) is 4.07. The number of nitrogens with zero attached hydrogens (tertiary/aromatic N) is 2. The second-order valence-electron chi connectivity index (χ2n) is 20.8. The molecule has 0 spiro atoms. The van der Waals surface area contributed by atoms with Crippen LogP contribution in [0.4, 0.5) is 34.1 Å². The smallest absolute Gasteiger partial charge is 0.0715 e. The van der Waals surface area contributed by atoms with E-state index in [9.17, 15) is 0 Å². The molecule has 0 radical (unpaired) electrons. The zero-order valence-electron chi connectivity index (χ0n) is 42.6. The van der Waals surface area contributed by atoms with Crippen molar-refractivity contribution in [2.24, 2.45) is 0 Å². The van der Waals surface area contributed by atoms with Crippen LogP contribution in [0.25, 0.3) is 55.3 Å². The largest absolute Gasteiger partial charge is 0.310 e. The zero-order chi connectivity index (χ0) is 50.8. The molecule has 0 saturated heterocycles. The molecule has 0 fully saturated rings. The summed E-state index contributed by atoms with van der Waals surface area (Å²) in [6, 6.07) is 108. The number of hydrogen-bond donors (Lipinski definition) is 0. The van der Waals surface area contributed by atoms with Crippen LogP contribution in [0.2, 0.25) is 0 Å². The molecule has 0 N–H and O–H groups in total. The molecule has 0 bridgehead atoms. The lowest BCUT2D eigenvalue weighted by atomic mass is 9.66. The van der Waals surface area contributed by atoms with Crippen molar-refractivity contribution in [2.45, 2.75) is 24.7 Å². The molecule has 12 aromatic rings. The predicted octanol–water partition coefficient (Wildman–Crippen LogP) is 19.8. The number of anilines is 6. The normalized spacial score (nSPS) is 14.6. The summed E-state index contributed by atoms with van der Waals surface area (Å²) in [5, 5.41) is 2.60. The highest BCUT2D eigenvalue weighted by molar-refractivity contribution is 6.02. The van der Waals surface area contributed by atoms with Gasteiger partial charge >= 0.3 is 0 Å². The van der Waals surface area contributed by atoms with E-state index in [4.69, 9.17) is 0 Å². The summed E-state index contributed by atoms with van der Waals surface area (Å²) in [6.07, 6.45) is 0. The van der Waals surface area contributed by atoms with E-state index in [0.29, 0.717) is 0 Å². The molecule has 0 aliphatic heterocycles. The van der Waals surface area contributed by atoms with E-state index < -0.39 is 5.41 Å². The molecule has 0 aromatic heterocycles. The van der Waals surface area contributed by atoms with E-state index in [2.05, 4.69) is 315 Å². The summed E-state index contributed by atoms with van der Waals surface area (Å²) < 4.78 is 0. The molecular formula is C74H54N2. The van der Waals surface area contributed by atoms with Gasteiger partial charge in [0.15, 0.2) is 0 Å². The Morgan fingerprint density at radius 2 is 0.829 bits per heavy atom. The lowest BCUT2D eigenvalue weighted by Gasteiger charge is -2.37. The third-order valence-electron chi connectivity index (χ3n) is 16.3. The van der Waals surface area contributed by atoms with Crippen molar-refractivity contribution >= 4 is 44.9 Å². The first kappa shape index (κ1) is 45.1. The van der Waals surface area contributed by atoms with Crippen LogP contribution in [0, 0.1) is 0 Å². The summed E-state index contributed by atoms with van der Waals surface area (Å²) in [7, 11) is 0. The van der Waals surface area contributed by atoms with Gasteiger partial charge in [0.1, 0.15) is 0 Å². The lowest BCUT2D eigenvalue weighted by molar-refractivity contribution is 0.661. The molecule has 0 amide bonds. The molecule has 2 nitrogen and oxygen atoms in total. The van der Waals surface area contributed by atoms with Gasteiger partial charge in [0.25, 0.3) is 0 Å². The van der Waals surface area contributed by atoms with Crippen molar-refractivity contribution in [2.75, 3.05) is 9.80 Å². The van der Waals surface area contributed by atoms with E-state index in [-0.39, 0.29) is 5.41 Å². The number of hydrogen-bond acceptors (Lipinski definition) is 2. The van der Waals surface area contributed by atoms with E-state index in [1.54, 1.807) is 0 Å². The van der Waals surface area contributed by atoms with Crippen molar-refractivity contribution in [1.82, 2.24) is 0 Å². The Hall–Kier alpha value is -9.50. The van der Waals surface area contributed by atoms with Gasteiger partial charge < -0.3 is 9.80 Å². The maximum absolute atomic E-state index is 2.57. The van der Waals surface area contributed by atoms with Gasteiger partial charge in [-0.15, -0.1) is 0 Å². The first-order valence-electron chi connectivity index (χ1n) is 26.5. The number of rotatable bonds is 10. The van der Waals surface area contributed by atoms with Crippen LogP contribution >= 0.6 is 0 Å². The van der Waals surface area contributed by atoms with Crippen LogP contribution in [0.1, 0.15) is 47.2 Å². The Labute approximate surface area is 446 Å². The Balaban J connectivity index is 1.09. The Kier molecular flexibility index (Phi) is 10.8. The summed E-state index contributed by atoms with van der Waals surface area (Å²) >= 11 is 0. The second kappa shape index (κ2) is 18.2. The molecule has 14 rings (SSSR count). The van der Waals surface area contributed by atoms with Crippen LogP contribution in [-0.4, -0.2) is 0 Å². The fraction of sp³-hybridized carbons (Fsp3) is 0.0541. The van der Waals surface area contributed by atoms with Crippen LogP contribution in [0.5, 0.6) is 0 Å². The Morgan fingerprint density at radius 1 is 0.289 bits per heavy atom. The molecule has 0 heterocycles. The Morgan fingerprint density at radius 3 is 1.54 bits per heavy atom. The standard InChI is InChI=1S/C74H54N2/c1-73(2)68-48-57(42-46-64(68)65-45-41-54-27-18-19-36-63(54)72(65)73)74(56-29-12-5-13-30-56)67-38-21-20-37-66(67)71-69(74)49-62(75(58-31-14-6-15-32-58)60-43-39-53(40-44-60)51-23-8-3-9-24-51)50-70(71)76(59-33-16-7-17-34-59)61-35-22-28-55(47-61)52-25-10-4-11-26-52/h3-50H,1-2H3. The van der Waals surface area contributed by atoms with Gasteiger partial charge in [-0.25, -0.2) is 0 Å². The summed E-state index contributed by atoms with van der Waals surface area (Å²) in [5.74, 6) is 0. The van der Waals surface area contributed by atoms with Gasteiger partial charge in [-0.1, -0.05) is 244 Å². The number of para-hydroxylation sites is 2. The molecular weight excluding hydrogens is 917 g/mol. The predicted molar refractivity (Wildman–Crippen MR) is 319 cm³/mol. The van der Waals surface area contributed by atoms with Crippen molar-refractivity contribution < 1.29 is 0 Å². The minimum absolute atomic E-state index is 0.267. The minimum atomic E-state index is -0.742. The van der Waals surface area contributed by atoms with Gasteiger partial charge in [0.2, 0.25) is 0 Å². The van der Waals surface area contributed by atoms with Crippen LogP contribution in [0.3, 0.4) is 0 Å². The van der Waals surface area contributed by atoms with Crippen molar-refractivity contribution in [1.29, 1.82) is 0 Å². The second-order valence-corrected chi connectivity index (χ2v) is 20.8. The highest BCUT2D eigenvalue weighted by Crippen LogP contribution is 2.62. The quantitative estimate of drug-likeness (QED) is 0.135. The molecule has 0 saturated carbocycles. The van der Waals surface area contributed by atoms with E-state index >= 15 is 0 Å². The molecule has 2 aliphatic carbocycles. The fourth-order valence-electron chi connectivity index (χ4n) is 12.9. The maximum Gasteiger partial charge on any atom is 0.0715 e. The summed E-state index contributed by atoms with van der Waals surface area (Å²) in [5.41, 5.74) is 22.9. The fourth-order valence-corrected chi connectivity index (χ4v) is 12.9. The van der Waals surface area contributed by atoms with Gasteiger partial charge in [-0.2, -0.15) is 0 Å². The SMILES string of the molecule is CC1(C)c2cc(C3(c4ccccc4)c4ccccc4-c4c(N(c5ccccc5)c5cccc(-c6ccccc6)c5)cc(N(c5ccccc5)c5ccc(-c6ccccc6)cc5)cc43)ccc2-c2ccc3ccccc3c21. The average molecular weight is 971 g/mol. The molecule has 2 aliphatic rings. The summed E-state index contributed by atoms with van der Waals surface area (Å²) in [6.45, 7) is 4.86. The molecule has 360 valence electrons. The molecule has 12 aromatic carbocycles. The monoisotopic (exact) mass is 970 g/mol. The third-order valence-corrected chi connectivity index (χ3v) is 16.3. The van der Waals surface area contributed by atoms with E-state index in [1.807, 2.05) is 0 Å². The van der Waals surface area contributed by atoms with Crippen LogP contribution in [-0.2, 0) is 10.8 Å². The number of fused-ring (bicyclic) bond motifs is 8. The van der Waals surface area contributed by atoms with Crippen LogP contribution < -0.4 is 9.80 Å². The molecule has 1 unspecified atom stereocenters. The topological polar surface area (TPSA) is 6.48 Å². The van der Waals surface area contributed by atoms with Gasteiger partial charge in [-0.3, -0.25) is 0 Å². The van der Waals surface area contributed by atoms with Gasteiger partial charge in [0.05, 0.1) is 11.1 Å². The van der Waals surface area contributed by atoms with Crippen molar-refractivity contribution in [3.8, 4) is 44.5 Å². The van der Waals surface area contributed by atoms with Gasteiger partial charge in [-0.05, 0) is 144 Å². The maximum atomic E-state index is 2.57. The lowest BCUT2D eigenvalue weighted by Crippen LogP contribution is -2.30. The van der Waals surface area contributed by atoms with E-state index in [1.165, 1.54) is 83.1 Å². The first-order chi connectivity index (χ1) is 37.5. The molecule has 1 atom stereocenters. The molecule has 2 heteroatoms. The highest BCUT2D eigenvalue weighted by Gasteiger charge is 2.49. The highest BCUT2D eigenvalue weighted by atomic mass is 15.2. The third kappa shape index (κ3) is 7.17. The summed E-state index contributed by atoms with van der Waals surface area (Å²) in [4.78, 5) is 4.95. The van der Waals surface area contributed by atoms with E-state index in [0.717, 1.165) is 39.7 Å². The number of benzene rings is 12.